The van der Waals surface area contributed by atoms with Crippen LogP contribution in [-0.2, 0) is 63.9 Å². The monoisotopic (exact) mass is 1230 g/mol. The van der Waals surface area contributed by atoms with Gasteiger partial charge >= 0.3 is 5.97 Å². The van der Waals surface area contributed by atoms with Crippen LogP contribution >= 0.6 is 0 Å². The average Bonchev–Trinajstić information content (AvgIpc) is 2.96. The minimum absolute atomic E-state index is 0.0326. The second kappa shape index (κ2) is 38.6. The van der Waals surface area contributed by atoms with Crippen LogP contribution in [0.5, 0.6) is 0 Å². The number of ether oxygens (including phenoxy) is 1. The summed E-state index contributed by atoms with van der Waals surface area (Å²) >= 11 is 0. The molecular formula is C59H101N15O13. The van der Waals surface area contributed by atoms with Gasteiger partial charge in [-0.25, -0.2) is 4.79 Å². The number of aliphatic hydroxyl groups is 1. The number of aliphatic imine (C=N–C) groups is 1. The van der Waals surface area contributed by atoms with E-state index in [2.05, 4.69) is 63.5 Å². The Bertz CT molecular complexity index is 2470. The van der Waals surface area contributed by atoms with Crippen molar-refractivity contribution in [1.29, 1.82) is 0 Å². The fourth-order valence-electron chi connectivity index (χ4n) is 9.25. The molecule has 87 heavy (non-hydrogen) atoms. The van der Waals surface area contributed by atoms with Gasteiger partial charge in [-0.3, -0.25) is 52.9 Å². The Kier molecular flexibility index (Phi) is 33.6. The van der Waals surface area contributed by atoms with Gasteiger partial charge in [0.05, 0.1) is 12.6 Å². The van der Waals surface area contributed by atoms with E-state index in [1.807, 2.05) is 37.3 Å². The van der Waals surface area contributed by atoms with E-state index in [1.54, 1.807) is 55.5 Å². The first-order valence-corrected chi connectivity index (χ1v) is 30.4. The molecule has 10 amide bonds. The number of esters is 1. The van der Waals surface area contributed by atoms with Crippen molar-refractivity contribution in [1.82, 2.24) is 58.5 Å². The molecule has 16 atom stereocenters. The molecule has 1 aliphatic rings. The van der Waals surface area contributed by atoms with Gasteiger partial charge in [0.25, 0.3) is 0 Å². The highest BCUT2D eigenvalue weighted by Gasteiger charge is 2.40. The number of likely N-dealkylation sites (N-methyl/N-ethyl adjacent to an activating group) is 1. The zero-order valence-electron chi connectivity index (χ0n) is 52.8. The predicted octanol–water partition coefficient (Wildman–Crippen LogP) is -1.99. The molecule has 0 spiro atoms. The van der Waals surface area contributed by atoms with Gasteiger partial charge < -0.3 is 85.5 Å². The van der Waals surface area contributed by atoms with Crippen molar-refractivity contribution in [2.24, 2.45) is 45.9 Å². The summed E-state index contributed by atoms with van der Waals surface area (Å²) in [4.78, 5) is 157. The molecule has 1 aromatic carbocycles. The smallest absolute Gasteiger partial charge is 0.329 e. The minimum Gasteiger partial charge on any atom is -0.458 e. The van der Waals surface area contributed by atoms with Crippen LogP contribution in [0.1, 0.15) is 140 Å². The van der Waals surface area contributed by atoms with E-state index in [0.29, 0.717) is 44.9 Å². The van der Waals surface area contributed by atoms with Gasteiger partial charge in [0.15, 0.2) is 5.96 Å². The number of guanidine groups is 1. The van der Waals surface area contributed by atoms with Gasteiger partial charge in [0, 0.05) is 6.54 Å². The lowest BCUT2D eigenvalue weighted by atomic mass is 9.94. The molecule has 0 radical (unpaired) electrons. The van der Waals surface area contributed by atoms with E-state index >= 15 is 0 Å². The first kappa shape index (κ1) is 75.6. The van der Waals surface area contributed by atoms with Crippen LogP contribution in [0.2, 0.25) is 0 Å². The summed E-state index contributed by atoms with van der Waals surface area (Å²) in [6.45, 7) is 17.5. The maximum Gasteiger partial charge on any atom is 0.329 e. The first-order valence-electron chi connectivity index (χ1n) is 30.4. The standard InChI is InChI=1S/C59H101N15O13/c1-13-31(5)43(54(82)65-36(10)49(77)74-47-37(11)87-58(86)46(34(8)16-4)73-51(79)40(26-22-28-64-59(61)62)67-48(76)35(9)66-57(47)85)72-56(84)45(33(7)15-3)70-50(78)39(25-20-21-27-60)68-53(81)42(30-75)69-55(83)44(32(6)14-2)71-52(80)41(63-12)29-38-23-18-17-19-24-38/h17-19,23-24,31-37,39-47,63,75H,13-16,20-22,25-30,60H2,1-12H3,(H,65,82)(H,66,85)(H,67,76)(H,68,81)(H,69,83)(H,70,78)(H,71,80)(H,72,84)(H,73,79)(H,74,77)(H4,61,62,64)/t31-,32-,33-,34-,35-,36-,37-,39+,40-,41+,42-,43-,44-,45+,46-,47+/m0/s1. The molecule has 28 nitrogen and oxygen atoms in total. The topological polar surface area (TPSA) is 440 Å². The van der Waals surface area contributed by atoms with E-state index in [9.17, 15) is 57.8 Å². The molecular weight excluding hydrogens is 1130 g/mol. The van der Waals surface area contributed by atoms with Crippen molar-refractivity contribution in [2.45, 2.75) is 213 Å². The second-order valence-electron chi connectivity index (χ2n) is 22.7. The summed E-state index contributed by atoms with van der Waals surface area (Å²) in [5, 5.41) is 39.8. The van der Waals surface area contributed by atoms with Gasteiger partial charge in [-0.1, -0.05) is 111 Å². The molecule has 1 fully saturated rings. The highest BCUT2D eigenvalue weighted by molar-refractivity contribution is 5.99. The van der Waals surface area contributed by atoms with Crippen molar-refractivity contribution in [3.05, 3.63) is 35.9 Å². The Morgan fingerprint density at radius 3 is 1.66 bits per heavy atom. The fraction of sp³-hybridized carbons (Fsp3) is 0.695. The Hall–Kier alpha value is -7.46. The molecule has 0 bridgehead atoms. The van der Waals surface area contributed by atoms with Crippen molar-refractivity contribution >= 4 is 71.0 Å². The van der Waals surface area contributed by atoms with Gasteiger partial charge in [-0.15, -0.1) is 0 Å². The van der Waals surface area contributed by atoms with Crippen LogP contribution in [0.25, 0.3) is 0 Å². The van der Waals surface area contributed by atoms with Crippen molar-refractivity contribution < 1.29 is 62.6 Å². The molecule has 28 heteroatoms. The summed E-state index contributed by atoms with van der Waals surface area (Å²) in [7, 11) is 1.62. The van der Waals surface area contributed by atoms with Crippen LogP contribution in [-0.4, -0.2) is 175 Å². The first-order chi connectivity index (χ1) is 41.1. The number of cyclic esters (lactones) is 1. The number of carbonyl (C=O) groups excluding carboxylic acids is 11. The van der Waals surface area contributed by atoms with Crippen LogP contribution in [0.4, 0.5) is 0 Å². The van der Waals surface area contributed by atoms with Gasteiger partial charge in [-0.05, 0) is 102 Å². The molecule has 0 aliphatic carbocycles. The number of hydrogen-bond acceptors (Lipinski definition) is 16. The van der Waals surface area contributed by atoms with Crippen molar-refractivity contribution in [3.8, 4) is 0 Å². The zero-order chi connectivity index (χ0) is 65.7. The van der Waals surface area contributed by atoms with E-state index in [-0.39, 0.29) is 38.3 Å². The SMILES string of the molecule is CC[C@H](C)[C@H](NC(=O)[C@@H](Cc1ccccc1)NC)C(=O)N[C@@H](CO)C(=O)N[C@H](CCCCN)C(=O)N[C@@H](C(=O)N[C@H](C(=O)N[C@@H](C)C(=O)N[C@H]1C(=O)N[C@@H](C)C(=O)N[C@@H](CCCN=C(N)N)C(=O)N[C@@H]([C@@H](C)CC)C(=O)O[C@H]1C)[C@@H](C)CC)[C@@H](C)CC. The summed E-state index contributed by atoms with van der Waals surface area (Å²) < 4.78 is 5.75. The Labute approximate surface area is 511 Å². The molecule has 1 heterocycles. The van der Waals surface area contributed by atoms with Crippen molar-refractivity contribution in [3.63, 3.8) is 0 Å². The Morgan fingerprint density at radius 2 is 1.14 bits per heavy atom. The van der Waals surface area contributed by atoms with Gasteiger partial charge in [-0.2, -0.15) is 0 Å². The summed E-state index contributed by atoms with van der Waals surface area (Å²) in [5.41, 5.74) is 17.6. The highest BCUT2D eigenvalue weighted by atomic mass is 16.5. The molecule has 0 aromatic heterocycles. The summed E-state index contributed by atoms with van der Waals surface area (Å²) in [6, 6.07) is -4.74. The molecule has 490 valence electrons. The third kappa shape index (κ3) is 24.7. The number of nitrogens with two attached hydrogens (primary N) is 3. The van der Waals surface area contributed by atoms with E-state index < -0.39 is 168 Å². The molecule has 0 saturated carbocycles. The maximum absolute atomic E-state index is 14.4. The number of amides is 10. The normalized spacial score (nSPS) is 21.2. The summed E-state index contributed by atoms with van der Waals surface area (Å²) in [6.07, 6.45) is 1.65. The Balaban J connectivity index is 2.37. The van der Waals surface area contributed by atoms with Crippen LogP contribution in [0, 0.1) is 23.7 Å². The molecule has 1 aromatic rings. The third-order valence-corrected chi connectivity index (χ3v) is 15.9. The molecule has 18 N–H and O–H groups in total. The molecule has 1 aliphatic heterocycles. The largest absolute Gasteiger partial charge is 0.458 e. The number of hydrogen-bond donors (Lipinski definition) is 15. The number of benzene rings is 1. The maximum atomic E-state index is 14.4. The van der Waals surface area contributed by atoms with E-state index in [1.165, 1.54) is 20.8 Å². The number of nitrogens with one attached hydrogen (secondary N) is 11. The number of unbranched alkanes of at least 4 members (excludes halogenated alkanes) is 1. The van der Waals surface area contributed by atoms with Crippen molar-refractivity contribution in [2.75, 3.05) is 26.7 Å². The number of nitrogens with zero attached hydrogens (tertiary/aromatic N) is 1. The minimum atomic E-state index is -1.65. The molecule has 2 rings (SSSR count). The lowest BCUT2D eigenvalue weighted by Crippen LogP contribution is -2.62. The lowest BCUT2D eigenvalue weighted by molar-refractivity contribution is -0.157. The number of carbonyl (C=O) groups is 11. The average molecular weight is 1230 g/mol. The predicted molar refractivity (Wildman–Crippen MR) is 327 cm³/mol. The molecule has 1 saturated heterocycles. The third-order valence-electron chi connectivity index (χ3n) is 15.9. The number of aliphatic hydroxyl groups excluding tert-OH is 1. The van der Waals surface area contributed by atoms with Crippen LogP contribution in [0.3, 0.4) is 0 Å². The van der Waals surface area contributed by atoms with Crippen LogP contribution in [0.15, 0.2) is 35.3 Å². The number of rotatable bonds is 34. The fourth-order valence-corrected chi connectivity index (χ4v) is 9.25. The lowest BCUT2D eigenvalue weighted by Gasteiger charge is -2.31. The van der Waals surface area contributed by atoms with E-state index in [4.69, 9.17) is 21.9 Å². The Morgan fingerprint density at radius 1 is 0.621 bits per heavy atom. The van der Waals surface area contributed by atoms with Crippen LogP contribution < -0.4 is 75.7 Å². The summed E-state index contributed by atoms with van der Waals surface area (Å²) in [5.74, 6) is -10.9. The van der Waals surface area contributed by atoms with Gasteiger partial charge in [0.2, 0.25) is 59.1 Å². The molecule has 0 unspecified atom stereocenters. The van der Waals surface area contributed by atoms with E-state index in [0.717, 1.165) is 5.56 Å². The zero-order valence-corrected chi connectivity index (χ0v) is 52.8. The van der Waals surface area contributed by atoms with Gasteiger partial charge in [0.1, 0.15) is 66.5 Å². The highest BCUT2D eigenvalue weighted by Crippen LogP contribution is 2.17. The second-order valence-corrected chi connectivity index (χ2v) is 22.7. The quantitative estimate of drug-likeness (QED) is 0.0154.